The van der Waals surface area contributed by atoms with Crippen LogP contribution in [0, 0.1) is 5.92 Å². The molecule has 0 radical (unpaired) electrons. The van der Waals surface area contributed by atoms with Crippen molar-refractivity contribution in [3.63, 3.8) is 0 Å². The molecule has 0 aromatic carbocycles. The van der Waals surface area contributed by atoms with Gasteiger partial charge in [0.1, 0.15) is 9.84 Å². The Hall–Kier alpha value is -0.130. The van der Waals surface area contributed by atoms with E-state index in [0.29, 0.717) is 5.75 Å². The van der Waals surface area contributed by atoms with Crippen LogP contribution in [0.4, 0.5) is 0 Å². The van der Waals surface area contributed by atoms with Crippen LogP contribution in [0.2, 0.25) is 0 Å². The summed E-state index contributed by atoms with van der Waals surface area (Å²) in [6.45, 7) is 9.18. The summed E-state index contributed by atoms with van der Waals surface area (Å²) in [6.07, 6.45) is 3.34. The van der Waals surface area contributed by atoms with Gasteiger partial charge in [-0.15, -0.1) is 0 Å². The first-order valence-electron chi connectivity index (χ1n) is 7.21. The monoisotopic (exact) mass is 276 g/mol. The van der Waals surface area contributed by atoms with Gasteiger partial charge in [-0.3, -0.25) is 0 Å². The van der Waals surface area contributed by atoms with E-state index >= 15 is 0 Å². The molecule has 108 valence electrons. The van der Waals surface area contributed by atoms with Gasteiger partial charge in [-0.2, -0.15) is 0 Å². The molecule has 1 unspecified atom stereocenters. The Morgan fingerprint density at radius 3 is 2.67 bits per heavy atom. The third-order valence-electron chi connectivity index (χ3n) is 3.73. The number of piperidine rings is 1. The van der Waals surface area contributed by atoms with Gasteiger partial charge in [0.05, 0.1) is 5.75 Å². The molecule has 1 atom stereocenters. The zero-order valence-electron chi connectivity index (χ0n) is 11.8. The van der Waals surface area contributed by atoms with E-state index in [2.05, 4.69) is 17.1 Å². The molecule has 1 rings (SSSR count). The number of sulfone groups is 1. The van der Waals surface area contributed by atoms with E-state index in [0.717, 1.165) is 45.1 Å². The number of hydrogen-bond donors (Lipinski definition) is 1. The lowest BCUT2D eigenvalue weighted by Gasteiger charge is -2.29. The van der Waals surface area contributed by atoms with Gasteiger partial charge in [0, 0.05) is 12.3 Å². The van der Waals surface area contributed by atoms with Gasteiger partial charge in [-0.1, -0.05) is 13.8 Å². The van der Waals surface area contributed by atoms with Crippen LogP contribution in [-0.4, -0.2) is 57.5 Å². The highest BCUT2D eigenvalue weighted by Gasteiger charge is 2.16. The molecule has 1 saturated heterocycles. The molecule has 0 aromatic rings. The third-order valence-corrected chi connectivity index (χ3v) is 5.52. The Balaban J connectivity index is 2.24. The largest absolute Gasteiger partial charge is 0.316 e. The number of nitrogens with zero attached hydrogens (tertiary/aromatic N) is 1. The molecule has 1 heterocycles. The van der Waals surface area contributed by atoms with Gasteiger partial charge in [-0.05, 0) is 51.4 Å². The van der Waals surface area contributed by atoms with Gasteiger partial charge in [0.15, 0.2) is 0 Å². The summed E-state index contributed by atoms with van der Waals surface area (Å²) in [7, 11) is -2.80. The first-order valence-corrected chi connectivity index (χ1v) is 9.03. The van der Waals surface area contributed by atoms with Crippen LogP contribution in [0.3, 0.4) is 0 Å². The first kappa shape index (κ1) is 15.9. The number of rotatable bonds is 8. The Morgan fingerprint density at radius 2 is 2.11 bits per heavy atom. The maximum Gasteiger partial charge on any atom is 0.150 e. The minimum absolute atomic E-state index is 0.270. The fraction of sp³-hybridized carbons (Fsp3) is 1.00. The van der Waals surface area contributed by atoms with Crippen molar-refractivity contribution in [2.45, 2.75) is 33.1 Å². The van der Waals surface area contributed by atoms with Gasteiger partial charge in [-0.25, -0.2) is 8.42 Å². The van der Waals surface area contributed by atoms with Crippen LogP contribution in [0.15, 0.2) is 0 Å². The van der Waals surface area contributed by atoms with Crippen LogP contribution in [0.5, 0.6) is 0 Å². The average Bonchev–Trinajstić information content (AvgIpc) is 2.38. The summed E-state index contributed by atoms with van der Waals surface area (Å²) in [6, 6.07) is 0. The van der Waals surface area contributed by atoms with Gasteiger partial charge < -0.3 is 10.2 Å². The summed E-state index contributed by atoms with van der Waals surface area (Å²) in [5, 5.41) is 3.43. The molecule has 4 nitrogen and oxygen atoms in total. The minimum atomic E-state index is -2.80. The smallest absolute Gasteiger partial charge is 0.150 e. The molecule has 0 amide bonds. The first-order chi connectivity index (χ1) is 8.57. The molecular formula is C13H28N2O2S. The van der Waals surface area contributed by atoms with E-state index in [-0.39, 0.29) is 5.75 Å². The van der Waals surface area contributed by atoms with E-state index in [1.807, 2.05) is 0 Å². The molecule has 0 aliphatic carbocycles. The topological polar surface area (TPSA) is 49.4 Å². The summed E-state index contributed by atoms with van der Waals surface area (Å²) >= 11 is 0. The molecule has 18 heavy (non-hydrogen) atoms. The molecule has 0 bridgehead atoms. The Bertz CT molecular complexity index is 311. The summed E-state index contributed by atoms with van der Waals surface area (Å²) in [4.78, 5) is 2.39. The van der Waals surface area contributed by atoms with Crippen molar-refractivity contribution in [1.29, 1.82) is 0 Å². The van der Waals surface area contributed by atoms with Gasteiger partial charge in [0.2, 0.25) is 0 Å². The van der Waals surface area contributed by atoms with E-state index in [4.69, 9.17) is 0 Å². The second-order valence-corrected chi connectivity index (χ2v) is 7.67. The molecule has 1 aliphatic heterocycles. The number of nitrogens with one attached hydrogen (secondary N) is 1. The third kappa shape index (κ3) is 6.16. The van der Waals surface area contributed by atoms with Gasteiger partial charge >= 0.3 is 0 Å². The molecule has 5 heteroatoms. The van der Waals surface area contributed by atoms with E-state index < -0.39 is 9.84 Å². The lowest BCUT2D eigenvalue weighted by atomic mass is 9.99. The minimum Gasteiger partial charge on any atom is -0.316 e. The van der Waals surface area contributed by atoms with Crippen LogP contribution >= 0.6 is 0 Å². The highest BCUT2D eigenvalue weighted by atomic mass is 32.2. The van der Waals surface area contributed by atoms with Crippen LogP contribution in [0.25, 0.3) is 0 Å². The van der Waals surface area contributed by atoms with E-state index in [1.54, 1.807) is 6.92 Å². The predicted molar refractivity (Wildman–Crippen MR) is 76.7 cm³/mol. The van der Waals surface area contributed by atoms with E-state index in [9.17, 15) is 8.42 Å². The zero-order valence-corrected chi connectivity index (χ0v) is 12.6. The van der Waals surface area contributed by atoms with Crippen molar-refractivity contribution in [2.24, 2.45) is 5.92 Å². The highest BCUT2D eigenvalue weighted by molar-refractivity contribution is 7.91. The summed E-state index contributed by atoms with van der Waals surface area (Å²) < 4.78 is 22.9. The molecule has 0 spiro atoms. The highest BCUT2D eigenvalue weighted by Crippen LogP contribution is 2.12. The molecule has 0 saturated carbocycles. The Labute approximate surface area is 112 Å². The fourth-order valence-electron chi connectivity index (χ4n) is 2.48. The SMILES string of the molecule is CCN(CCCS(=O)(=O)CC)CC1CCCNC1. The van der Waals surface area contributed by atoms with Crippen molar-refractivity contribution >= 4 is 9.84 Å². The Kier molecular flexibility index (Phi) is 7.19. The average molecular weight is 276 g/mol. The van der Waals surface area contributed by atoms with Crippen molar-refractivity contribution in [3.05, 3.63) is 0 Å². The zero-order chi connectivity index (χ0) is 13.4. The standard InChI is InChI=1S/C13H28N2O2S/c1-3-15(9-6-10-18(16,17)4-2)12-13-7-5-8-14-11-13/h13-14H,3-12H2,1-2H3. The second kappa shape index (κ2) is 8.12. The molecule has 0 aromatic heterocycles. The lowest BCUT2D eigenvalue weighted by Crippen LogP contribution is -2.39. The normalized spacial score (nSPS) is 21.4. The van der Waals surface area contributed by atoms with Gasteiger partial charge in [0.25, 0.3) is 0 Å². The van der Waals surface area contributed by atoms with Crippen LogP contribution in [-0.2, 0) is 9.84 Å². The van der Waals surface area contributed by atoms with Crippen LogP contribution in [0.1, 0.15) is 33.1 Å². The second-order valence-electron chi connectivity index (χ2n) is 5.20. The fourth-order valence-corrected chi connectivity index (χ4v) is 3.33. The summed E-state index contributed by atoms with van der Waals surface area (Å²) in [5.74, 6) is 1.34. The summed E-state index contributed by atoms with van der Waals surface area (Å²) in [5.41, 5.74) is 0. The predicted octanol–water partition coefficient (Wildman–Crippen LogP) is 1.13. The van der Waals surface area contributed by atoms with Crippen molar-refractivity contribution < 1.29 is 8.42 Å². The Morgan fingerprint density at radius 1 is 1.33 bits per heavy atom. The maximum absolute atomic E-state index is 11.4. The van der Waals surface area contributed by atoms with Crippen molar-refractivity contribution in [3.8, 4) is 0 Å². The molecule has 1 aliphatic rings. The molecule has 1 fully saturated rings. The lowest BCUT2D eigenvalue weighted by molar-refractivity contribution is 0.217. The quantitative estimate of drug-likeness (QED) is 0.722. The maximum atomic E-state index is 11.4. The number of hydrogen-bond acceptors (Lipinski definition) is 4. The van der Waals surface area contributed by atoms with Crippen LogP contribution < -0.4 is 5.32 Å². The van der Waals surface area contributed by atoms with E-state index in [1.165, 1.54) is 12.8 Å². The molecule has 1 N–H and O–H groups in total. The van der Waals surface area contributed by atoms with Crippen molar-refractivity contribution in [2.75, 3.05) is 44.2 Å². The van der Waals surface area contributed by atoms with Crippen molar-refractivity contribution in [1.82, 2.24) is 10.2 Å². The molecular weight excluding hydrogens is 248 g/mol.